The molecule has 1 nitrogen and oxygen atoms in total. The molecule has 0 aliphatic rings. The number of nitrogens with one attached hydrogen (secondary N) is 1. The van der Waals surface area contributed by atoms with Crippen LogP contribution >= 0.6 is 0 Å². The maximum Gasteiger partial charge on any atom is 0.00441 e. The molecular weight excluding hydrogens is 230 g/mol. The molecule has 2 aromatic rings. The molecule has 0 aromatic heterocycles. The van der Waals surface area contributed by atoms with E-state index in [1.165, 1.54) is 16.3 Å². The Morgan fingerprint density at radius 2 is 1.53 bits per heavy atom. The van der Waals surface area contributed by atoms with Crippen LogP contribution in [0.3, 0.4) is 0 Å². The number of fused-ring (bicyclic) bond motifs is 1. The number of hydrogen-bond donors (Lipinski definition) is 1. The fraction of sp³-hybridized carbons (Fsp3) is 0.222. The van der Waals surface area contributed by atoms with Crippen molar-refractivity contribution in [2.75, 3.05) is 0 Å². The van der Waals surface area contributed by atoms with Gasteiger partial charge in [-0.3, -0.25) is 0 Å². The summed E-state index contributed by atoms with van der Waals surface area (Å²) in [7, 11) is 0. The van der Waals surface area contributed by atoms with Crippen molar-refractivity contribution in [2.45, 2.75) is 27.2 Å². The first-order valence-corrected chi connectivity index (χ1v) is 6.59. The molecule has 0 saturated carbocycles. The highest BCUT2D eigenvalue weighted by molar-refractivity contribution is 5.85. The maximum absolute atomic E-state index is 3.62. The van der Waals surface area contributed by atoms with Crippen molar-refractivity contribution >= 4 is 10.8 Å². The first-order chi connectivity index (χ1) is 9.04. The van der Waals surface area contributed by atoms with E-state index in [0.29, 0.717) is 0 Å². The minimum atomic E-state index is 0.938. The van der Waals surface area contributed by atoms with E-state index in [-0.39, 0.29) is 0 Å². The van der Waals surface area contributed by atoms with E-state index < -0.39 is 0 Å². The molecule has 0 heterocycles. The quantitative estimate of drug-likeness (QED) is 0.807. The number of hydrogen-bond acceptors (Lipinski definition) is 1. The molecule has 100 valence electrons. The van der Waals surface area contributed by atoms with Gasteiger partial charge in [0.25, 0.3) is 0 Å². The average Bonchev–Trinajstić information content (AvgIpc) is 2.37. The van der Waals surface area contributed by atoms with Gasteiger partial charge in [0, 0.05) is 11.4 Å². The fourth-order valence-electron chi connectivity index (χ4n) is 1.97. The lowest BCUT2D eigenvalue weighted by Gasteiger charge is -2.02. The first kappa shape index (κ1) is 15.0. The van der Waals surface area contributed by atoms with Crippen molar-refractivity contribution < 1.29 is 0 Å². The molecule has 2 aromatic carbocycles. The van der Waals surface area contributed by atoms with Gasteiger partial charge < -0.3 is 5.32 Å². The molecule has 0 bridgehead atoms. The summed E-state index contributed by atoms with van der Waals surface area (Å²) in [5, 5.41) is 5.65. The molecule has 2 rings (SSSR count). The molecule has 0 unspecified atom stereocenters. The van der Waals surface area contributed by atoms with E-state index in [4.69, 9.17) is 0 Å². The monoisotopic (exact) mass is 253 g/mol. The zero-order valence-corrected chi connectivity index (χ0v) is 12.2. The molecule has 0 spiro atoms. The van der Waals surface area contributed by atoms with Crippen LogP contribution in [0.15, 0.2) is 67.0 Å². The lowest BCUT2D eigenvalue weighted by molar-refractivity contribution is 0.982. The van der Waals surface area contributed by atoms with Gasteiger partial charge in [0.1, 0.15) is 0 Å². The Bertz CT molecular complexity index is 549. The van der Waals surface area contributed by atoms with E-state index in [0.717, 1.165) is 17.8 Å². The number of allylic oxidation sites excluding steroid dienone is 2. The molecule has 0 atom stereocenters. The van der Waals surface area contributed by atoms with Crippen molar-refractivity contribution in [3.05, 3.63) is 72.6 Å². The summed E-state index contributed by atoms with van der Waals surface area (Å²) in [6, 6.07) is 15.0. The Hall–Kier alpha value is -2.02. The zero-order chi connectivity index (χ0) is 14.3. The third kappa shape index (κ3) is 5.01. The average molecular weight is 253 g/mol. The second-order valence-corrected chi connectivity index (χ2v) is 4.68. The van der Waals surface area contributed by atoms with Gasteiger partial charge in [-0.15, -0.1) is 0 Å². The summed E-state index contributed by atoms with van der Waals surface area (Å²) >= 11 is 0. The van der Waals surface area contributed by atoms with Gasteiger partial charge in [-0.2, -0.15) is 0 Å². The van der Waals surface area contributed by atoms with Crippen LogP contribution in [0.25, 0.3) is 10.8 Å². The minimum absolute atomic E-state index is 0.938. The van der Waals surface area contributed by atoms with E-state index >= 15 is 0 Å². The van der Waals surface area contributed by atoms with Crippen LogP contribution < -0.4 is 5.32 Å². The molecule has 0 aliphatic heterocycles. The van der Waals surface area contributed by atoms with Gasteiger partial charge in [0.05, 0.1) is 0 Å². The lowest BCUT2D eigenvalue weighted by atomic mass is 10.0. The van der Waals surface area contributed by atoms with Crippen LogP contribution in [0.5, 0.6) is 0 Å². The van der Waals surface area contributed by atoms with Crippen molar-refractivity contribution in [1.29, 1.82) is 0 Å². The van der Waals surface area contributed by atoms with Crippen LogP contribution in [0.1, 0.15) is 26.3 Å². The summed E-state index contributed by atoms with van der Waals surface area (Å²) in [5.41, 5.74) is 3.31. The molecule has 0 saturated heterocycles. The molecular formula is C18H23N. The minimum Gasteiger partial charge on any atom is -0.364 e. The second-order valence-electron chi connectivity index (χ2n) is 4.68. The van der Waals surface area contributed by atoms with Crippen LogP contribution in [0, 0.1) is 0 Å². The van der Waals surface area contributed by atoms with Gasteiger partial charge in [-0.1, -0.05) is 62.5 Å². The Morgan fingerprint density at radius 3 is 2.05 bits per heavy atom. The number of aryl methyl sites for hydroxylation is 1. The number of benzene rings is 2. The highest BCUT2D eigenvalue weighted by Crippen LogP contribution is 2.18. The molecule has 0 radical (unpaired) electrons. The number of rotatable bonds is 3. The maximum atomic E-state index is 3.62. The predicted molar refractivity (Wildman–Crippen MR) is 86.1 cm³/mol. The molecule has 1 heteroatoms. The van der Waals surface area contributed by atoms with Gasteiger partial charge in [0.15, 0.2) is 0 Å². The van der Waals surface area contributed by atoms with E-state index in [9.17, 15) is 0 Å². The standard InChI is InChI=1S/C12H12.C6H11N/c1-2-10-7-5-8-11-6-3-4-9-12(10)11;1-5(2)7-6(3)4/h3-9H,2H2,1H3;7H,1,3H2,2,4H3. The van der Waals surface area contributed by atoms with E-state index in [2.05, 4.69) is 67.9 Å². The van der Waals surface area contributed by atoms with E-state index in [1.807, 2.05) is 13.8 Å². The fourth-order valence-corrected chi connectivity index (χ4v) is 1.97. The second kappa shape index (κ2) is 7.42. The summed E-state index contributed by atoms with van der Waals surface area (Å²) in [6.45, 7) is 13.2. The summed E-state index contributed by atoms with van der Waals surface area (Å²) in [6.07, 6.45) is 1.11. The lowest BCUT2D eigenvalue weighted by Crippen LogP contribution is -2.04. The Labute approximate surface area is 116 Å². The molecule has 0 amide bonds. The van der Waals surface area contributed by atoms with Gasteiger partial charge in [0.2, 0.25) is 0 Å². The molecule has 1 N–H and O–H groups in total. The van der Waals surface area contributed by atoms with Crippen molar-refractivity contribution in [2.24, 2.45) is 0 Å². The van der Waals surface area contributed by atoms with Crippen molar-refractivity contribution in [3.63, 3.8) is 0 Å². The van der Waals surface area contributed by atoms with Crippen LogP contribution in [-0.2, 0) is 6.42 Å². The molecule has 19 heavy (non-hydrogen) atoms. The zero-order valence-electron chi connectivity index (χ0n) is 12.2. The van der Waals surface area contributed by atoms with Crippen LogP contribution in [-0.4, -0.2) is 0 Å². The van der Waals surface area contributed by atoms with Gasteiger partial charge in [-0.25, -0.2) is 0 Å². The van der Waals surface area contributed by atoms with Crippen molar-refractivity contribution in [1.82, 2.24) is 5.32 Å². The van der Waals surface area contributed by atoms with E-state index in [1.54, 1.807) is 0 Å². The van der Waals surface area contributed by atoms with Gasteiger partial charge in [-0.05, 0) is 36.6 Å². The normalized spacial score (nSPS) is 9.42. The summed E-state index contributed by atoms with van der Waals surface area (Å²) < 4.78 is 0. The van der Waals surface area contributed by atoms with Gasteiger partial charge >= 0.3 is 0 Å². The SMILES string of the molecule is C=C(C)NC(=C)C.CCc1cccc2ccccc12. The first-order valence-electron chi connectivity index (χ1n) is 6.59. The third-order valence-electron chi connectivity index (χ3n) is 2.69. The topological polar surface area (TPSA) is 12.0 Å². The molecule has 0 aliphatic carbocycles. The smallest absolute Gasteiger partial charge is 0.00441 e. The Morgan fingerprint density at radius 1 is 0.947 bits per heavy atom. The highest BCUT2D eigenvalue weighted by Gasteiger charge is 1.95. The largest absolute Gasteiger partial charge is 0.364 e. The van der Waals surface area contributed by atoms with Crippen molar-refractivity contribution in [3.8, 4) is 0 Å². The summed E-state index contributed by atoms with van der Waals surface area (Å²) in [4.78, 5) is 0. The third-order valence-corrected chi connectivity index (χ3v) is 2.69. The van der Waals surface area contributed by atoms with Crippen LogP contribution in [0.4, 0.5) is 0 Å². The Balaban J connectivity index is 0.000000224. The highest BCUT2D eigenvalue weighted by atomic mass is 14.9. The summed E-state index contributed by atoms with van der Waals surface area (Å²) in [5.74, 6) is 0. The predicted octanol–water partition coefficient (Wildman–Crippen LogP) is 5.05. The Kier molecular flexibility index (Phi) is 5.87. The molecule has 0 fully saturated rings. The van der Waals surface area contributed by atoms with Crippen LogP contribution in [0.2, 0.25) is 0 Å².